The van der Waals surface area contributed by atoms with Crippen molar-refractivity contribution in [3.8, 4) is 0 Å². The number of rotatable bonds is 7. The Kier molecular flexibility index (Phi) is 6.10. The molecule has 0 saturated carbocycles. The van der Waals surface area contributed by atoms with Crippen LogP contribution in [-0.4, -0.2) is 42.0 Å². The van der Waals surface area contributed by atoms with E-state index in [1.807, 2.05) is 62.4 Å². The number of imide groups is 1. The van der Waals surface area contributed by atoms with Gasteiger partial charge in [-0.3, -0.25) is 15.0 Å². The van der Waals surface area contributed by atoms with Crippen molar-refractivity contribution in [2.75, 3.05) is 18.5 Å². The highest BCUT2D eigenvalue weighted by molar-refractivity contribution is 6.07. The first kappa shape index (κ1) is 21.4. The Balaban J connectivity index is 1.61. The molecule has 7 nitrogen and oxygen atoms in total. The molecule has 2 N–H and O–H groups in total. The second-order valence-corrected chi connectivity index (χ2v) is 8.07. The van der Waals surface area contributed by atoms with Gasteiger partial charge in [0.1, 0.15) is 5.54 Å². The number of hydrazine groups is 1. The van der Waals surface area contributed by atoms with E-state index in [0.29, 0.717) is 12.8 Å². The van der Waals surface area contributed by atoms with Crippen LogP contribution in [0.25, 0.3) is 0 Å². The van der Waals surface area contributed by atoms with Crippen LogP contribution >= 0.6 is 0 Å². The van der Waals surface area contributed by atoms with Crippen LogP contribution in [0.5, 0.6) is 0 Å². The summed E-state index contributed by atoms with van der Waals surface area (Å²) < 4.78 is 0. The first-order valence-corrected chi connectivity index (χ1v) is 9.98. The number of nitrogens with zero attached hydrogens (tertiary/aromatic N) is 2. The summed E-state index contributed by atoms with van der Waals surface area (Å²) in [5.41, 5.74) is 5.54. The van der Waals surface area contributed by atoms with Gasteiger partial charge in [0.2, 0.25) is 0 Å². The van der Waals surface area contributed by atoms with Crippen LogP contribution < -0.4 is 15.6 Å². The molecule has 1 unspecified atom stereocenters. The zero-order valence-corrected chi connectivity index (χ0v) is 17.9. The lowest BCUT2D eigenvalue weighted by atomic mass is 9.93. The van der Waals surface area contributed by atoms with Gasteiger partial charge in [0.15, 0.2) is 0 Å². The third-order valence-corrected chi connectivity index (χ3v) is 5.41. The number of nitrogens with one attached hydrogen (secondary N) is 2. The lowest BCUT2D eigenvalue weighted by molar-refractivity contribution is -0.138. The van der Waals surface area contributed by atoms with Gasteiger partial charge in [-0.1, -0.05) is 42.5 Å². The van der Waals surface area contributed by atoms with Crippen molar-refractivity contribution in [3.63, 3.8) is 0 Å². The minimum Gasteiger partial charge on any atom is -0.365 e. The van der Waals surface area contributed by atoms with E-state index in [2.05, 4.69) is 10.7 Å². The molecule has 2 aromatic rings. The lowest BCUT2D eigenvalue weighted by Crippen LogP contribution is -2.51. The van der Waals surface area contributed by atoms with Gasteiger partial charge in [-0.15, -0.1) is 0 Å². The summed E-state index contributed by atoms with van der Waals surface area (Å²) in [6.45, 7) is 5.66. The van der Waals surface area contributed by atoms with E-state index in [1.54, 1.807) is 18.9 Å². The molecule has 0 spiro atoms. The first-order chi connectivity index (χ1) is 14.2. The highest BCUT2D eigenvalue weighted by Crippen LogP contribution is 2.23. The fraction of sp³-hybridized carbons (Fsp3) is 0.348. The zero-order valence-electron chi connectivity index (χ0n) is 17.9. The average Bonchev–Trinajstić information content (AvgIpc) is 2.92. The van der Waals surface area contributed by atoms with Crippen molar-refractivity contribution in [3.05, 3.63) is 65.2 Å². The number of amides is 4. The summed E-state index contributed by atoms with van der Waals surface area (Å²) in [5, 5.41) is 3.51. The summed E-state index contributed by atoms with van der Waals surface area (Å²) in [6, 6.07) is 15.2. The van der Waals surface area contributed by atoms with E-state index < -0.39 is 23.4 Å². The molecule has 1 heterocycles. The molecule has 1 saturated heterocycles. The molecule has 1 fully saturated rings. The number of carbonyl (C=O) groups excluding carboxylic acids is 3. The van der Waals surface area contributed by atoms with Crippen LogP contribution in [0, 0.1) is 13.8 Å². The van der Waals surface area contributed by atoms with Crippen LogP contribution in [0.15, 0.2) is 48.5 Å². The van der Waals surface area contributed by atoms with Crippen molar-refractivity contribution in [1.29, 1.82) is 0 Å². The van der Waals surface area contributed by atoms with Gasteiger partial charge in [0, 0.05) is 12.7 Å². The topological polar surface area (TPSA) is 81.8 Å². The molecule has 1 aliphatic heterocycles. The quantitative estimate of drug-likeness (QED) is 0.690. The number of benzene rings is 2. The average molecular weight is 409 g/mol. The Morgan fingerprint density at radius 1 is 1.13 bits per heavy atom. The van der Waals surface area contributed by atoms with Crippen molar-refractivity contribution in [1.82, 2.24) is 15.8 Å². The molecular weight excluding hydrogens is 380 g/mol. The van der Waals surface area contributed by atoms with Crippen LogP contribution in [0.2, 0.25) is 0 Å². The number of urea groups is 1. The molecule has 3 rings (SSSR count). The van der Waals surface area contributed by atoms with Crippen molar-refractivity contribution < 1.29 is 14.4 Å². The number of hydrogen-bond donors (Lipinski definition) is 2. The summed E-state index contributed by atoms with van der Waals surface area (Å²) in [6.07, 6.45) is 1.08. The maximum atomic E-state index is 12.9. The van der Waals surface area contributed by atoms with Crippen molar-refractivity contribution in [2.24, 2.45) is 0 Å². The molecule has 0 radical (unpaired) electrons. The second-order valence-electron chi connectivity index (χ2n) is 8.07. The minimum absolute atomic E-state index is 0.0160. The highest BCUT2D eigenvalue weighted by atomic mass is 16.2. The van der Waals surface area contributed by atoms with E-state index in [4.69, 9.17) is 0 Å². The largest absolute Gasteiger partial charge is 0.365 e. The molecular formula is C23H28N4O3. The summed E-state index contributed by atoms with van der Waals surface area (Å²) >= 11 is 0. The van der Waals surface area contributed by atoms with E-state index in [1.165, 1.54) is 0 Å². The molecule has 0 aliphatic carbocycles. The predicted molar refractivity (Wildman–Crippen MR) is 116 cm³/mol. The van der Waals surface area contributed by atoms with E-state index in [-0.39, 0.29) is 6.54 Å². The Morgan fingerprint density at radius 3 is 2.53 bits per heavy atom. The Labute approximate surface area is 177 Å². The third kappa shape index (κ3) is 4.62. The number of anilines is 1. The number of likely N-dealkylation sites (N-methyl/N-ethyl adjacent to an activating group) is 1. The Bertz CT molecular complexity index is 960. The fourth-order valence-corrected chi connectivity index (χ4v) is 3.59. The van der Waals surface area contributed by atoms with Crippen molar-refractivity contribution in [2.45, 2.75) is 39.2 Å². The van der Waals surface area contributed by atoms with Crippen LogP contribution in [0.1, 0.15) is 30.0 Å². The van der Waals surface area contributed by atoms with E-state index >= 15 is 0 Å². The zero-order chi connectivity index (χ0) is 21.9. The Hall–Kier alpha value is -3.35. The van der Waals surface area contributed by atoms with Gasteiger partial charge in [-0.05, 0) is 56.4 Å². The molecule has 1 atom stereocenters. The maximum absolute atomic E-state index is 12.9. The highest BCUT2D eigenvalue weighted by Gasteiger charge is 2.48. The minimum atomic E-state index is -1.06. The monoisotopic (exact) mass is 408 g/mol. The van der Waals surface area contributed by atoms with Crippen LogP contribution in [0.3, 0.4) is 0 Å². The number of carbonyl (C=O) groups is 3. The normalized spacial score (nSPS) is 18.3. The van der Waals surface area contributed by atoms with Gasteiger partial charge in [0.25, 0.3) is 11.8 Å². The van der Waals surface area contributed by atoms with Gasteiger partial charge in [-0.2, -0.15) is 5.01 Å². The number of hydrogen-bond acceptors (Lipinski definition) is 4. The third-order valence-electron chi connectivity index (χ3n) is 5.41. The van der Waals surface area contributed by atoms with Gasteiger partial charge >= 0.3 is 6.03 Å². The molecule has 2 aromatic carbocycles. The van der Waals surface area contributed by atoms with Crippen LogP contribution in [0.4, 0.5) is 10.5 Å². The molecule has 7 heteroatoms. The first-order valence-electron chi connectivity index (χ1n) is 9.98. The van der Waals surface area contributed by atoms with E-state index in [0.717, 1.165) is 27.4 Å². The summed E-state index contributed by atoms with van der Waals surface area (Å²) in [7, 11) is 1.80. The Morgan fingerprint density at radius 2 is 1.83 bits per heavy atom. The number of aryl methyl sites for hydroxylation is 3. The standard InChI is InChI=1S/C23H28N4O3/c1-16-10-11-17(2)19(14-16)26(4)15-20(28)25-27-21(29)23(3,24-22(27)30)13-12-18-8-6-5-7-9-18/h5-11,14H,12-13,15H2,1-4H3,(H,24,30)(H,25,28). The summed E-state index contributed by atoms with van der Waals surface area (Å²) in [4.78, 5) is 39.6. The fourth-order valence-electron chi connectivity index (χ4n) is 3.59. The van der Waals surface area contributed by atoms with Gasteiger partial charge in [0.05, 0.1) is 6.54 Å². The molecule has 30 heavy (non-hydrogen) atoms. The van der Waals surface area contributed by atoms with Crippen molar-refractivity contribution >= 4 is 23.5 Å². The SMILES string of the molecule is Cc1ccc(C)c(N(C)CC(=O)NN2C(=O)NC(C)(CCc3ccccc3)C2=O)c1. The molecule has 0 aromatic heterocycles. The maximum Gasteiger partial charge on any atom is 0.344 e. The molecule has 4 amide bonds. The molecule has 1 aliphatic rings. The van der Waals surface area contributed by atoms with E-state index in [9.17, 15) is 14.4 Å². The van der Waals surface area contributed by atoms with Gasteiger partial charge in [-0.25, -0.2) is 4.79 Å². The lowest BCUT2D eigenvalue weighted by Gasteiger charge is -2.24. The van der Waals surface area contributed by atoms with Crippen LogP contribution in [-0.2, 0) is 16.0 Å². The smallest absolute Gasteiger partial charge is 0.344 e. The molecule has 0 bridgehead atoms. The predicted octanol–water partition coefficient (Wildman–Crippen LogP) is 2.71. The molecule has 158 valence electrons. The second kappa shape index (κ2) is 8.57. The van der Waals surface area contributed by atoms with Gasteiger partial charge < -0.3 is 10.2 Å². The summed E-state index contributed by atoms with van der Waals surface area (Å²) in [5.74, 6) is -0.889.